The van der Waals surface area contributed by atoms with Crippen LogP contribution in [0.4, 0.5) is 4.39 Å². The van der Waals surface area contributed by atoms with Crippen LogP contribution in [0.3, 0.4) is 0 Å². The second kappa shape index (κ2) is 5.98. The summed E-state index contributed by atoms with van der Waals surface area (Å²) in [6.07, 6.45) is 1.59. The van der Waals surface area contributed by atoms with Gasteiger partial charge in [-0.25, -0.2) is 4.39 Å². The third kappa shape index (κ3) is 3.68. The highest BCUT2D eigenvalue weighted by atomic mass is 19.1. The smallest absolute Gasteiger partial charge is 0.127 e. The van der Waals surface area contributed by atoms with E-state index >= 15 is 0 Å². The monoisotopic (exact) mass is 241 g/mol. The van der Waals surface area contributed by atoms with Crippen LogP contribution in [0.1, 0.15) is 32.3 Å². The van der Waals surface area contributed by atoms with Gasteiger partial charge in [0.2, 0.25) is 0 Å². The number of hydrogen-bond donors (Lipinski definition) is 3. The van der Waals surface area contributed by atoms with Crippen LogP contribution in [0.25, 0.3) is 0 Å². The van der Waals surface area contributed by atoms with Gasteiger partial charge in [-0.05, 0) is 30.5 Å². The van der Waals surface area contributed by atoms with Gasteiger partial charge in [0, 0.05) is 18.2 Å². The molecule has 0 fully saturated rings. The van der Waals surface area contributed by atoms with Crippen LogP contribution in [0.15, 0.2) is 18.2 Å². The molecule has 0 unspecified atom stereocenters. The summed E-state index contributed by atoms with van der Waals surface area (Å²) in [5.74, 6) is -0.534. The van der Waals surface area contributed by atoms with Gasteiger partial charge in [0.05, 0.1) is 6.61 Å². The second-order valence-corrected chi connectivity index (χ2v) is 4.32. The normalized spacial score (nSPS) is 11.8. The maximum Gasteiger partial charge on any atom is 0.127 e. The van der Waals surface area contributed by atoms with E-state index in [-0.39, 0.29) is 17.9 Å². The first-order valence-corrected chi connectivity index (χ1v) is 5.89. The molecule has 0 saturated carbocycles. The van der Waals surface area contributed by atoms with Crippen LogP contribution in [0.2, 0.25) is 0 Å². The van der Waals surface area contributed by atoms with Crippen molar-refractivity contribution >= 4 is 0 Å². The van der Waals surface area contributed by atoms with Gasteiger partial charge in [0.1, 0.15) is 11.6 Å². The highest BCUT2D eigenvalue weighted by Gasteiger charge is 2.24. The van der Waals surface area contributed by atoms with E-state index in [0.29, 0.717) is 12.1 Å². The lowest BCUT2D eigenvalue weighted by Crippen LogP contribution is -2.47. The fourth-order valence-corrected chi connectivity index (χ4v) is 1.80. The molecular formula is C13H20FNO2. The van der Waals surface area contributed by atoms with Crippen LogP contribution in [-0.2, 0) is 6.54 Å². The number of benzene rings is 1. The predicted octanol–water partition coefficient (Wildman–Crippen LogP) is 2.17. The number of phenols is 1. The summed E-state index contributed by atoms with van der Waals surface area (Å²) in [4.78, 5) is 0. The third-order valence-corrected chi connectivity index (χ3v) is 3.27. The molecule has 0 spiro atoms. The fourth-order valence-electron chi connectivity index (χ4n) is 1.80. The molecule has 96 valence electrons. The second-order valence-electron chi connectivity index (χ2n) is 4.32. The van der Waals surface area contributed by atoms with Gasteiger partial charge in [-0.1, -0.05) is 13.8 Å². The van der Waals surface area contributed by atoms with Crippen LogP contribution >= 0.6 is 0 Å². The number of halogens is 1. The molecule has 0 aliphatic carbocycles. The minimum atomic E-state index is -0.454. The molecular weight excluding hydrogens is 221 g/mol. The number of phenolic OH excluding ortho intramolecular Hbond substituents is 1. The van der Waals surface area contributed by atoms with Gasteiger partial charge in [0.25, 0.3) is 0 Å². The minimum Gasteiger partial charge on any atom is -0.508 e. The average Bonchev–Trinajstić information content (AvgIpc) is 2.30. The Kier molecular flexibility index (Phi) is 4.90. The average molecular weight is 241 g/mol. The predicted molar refractivity (Wildman–Crippen MR) is 65.3 cm³/mol. The first kappa shape index (κ1) is 13.9. The Labute approximate surface area is 101 Å². The van der Waals surface area contributed by atoms with Crippen molar-refractivity contribution in [2.75, 3.05) is 6.61 Å². The Bertz CT molecular complexity index is 336. The van der Waals surface area contributed by atoms with Crippen molar-refractivity contribution in [3.63, 3.8) is 0 Å². The zero-order valence-electron chi connectivity index (χ0n) is 10.3. The molecule has 0 heterocycles. The van der Waals surface area contributed by atoms with Gasteiger partial charge in [0.15, 0.2) is 0 Å². The van der Waals surface area contributed by atoms with Crippen molar-refractivity contribution in [2.24, 2.45) is 0 Å². The van der Waals surface area contributed by atoms with Crippen LogP contribution in [0.5, 0.6) is 5.75 Å². The molecule has 0 aliphatic rings. The Balaban J connectivity index is 2.71. The van der Waals surface area contributed by atoms with E-state index < -0.39 is 5.82 Å². The Morgan fingerprint density at radius 3 is 2.35 bits per heavy atom. The Hall–Kier alpha value is -1.13. The summed E-state index contributed by atoms with van der Waals surface area (Å²) < 4.78 is 13.1. The van der Waals surface area contributed by atoms with Gasteiger partial charge >= 0.3 is 0 Å². The molecule has 0 aliphatic heterocycles. The molecule has 3 nitrogen and oxygen atoms in total. The standard InChI is InChI=1S/C13H20FNO2/c1-3-13(4-2,9-16)15-8-10-5-11(14)7-12(17)6-10/h5-7,15-17H,3-4,8-9H2,1-2H3. The van der Waals surface area contributed by atoms with Gasteiger partial charge in [-0.15, -0.1) is 0 Å². The van der Waals surface area contributed by atoms with Gasteiger partial charge < -0.3 is 15.5 Å². The van der Waals surface area contributed by atoms with Crippen molar-refractivity contribution in [2.45, 2.75) is 38.8 Å². The SMILES string of the molecule is CCC(CC)(CO)NCc1cc(O)cc(F)c1. The number of aliphatic hydroxyl groups excluding tert-OH is 1. The van der Waals surface area contributed by atoms with Crippen molar-refractivity contribution in [1.29, 1.82) is 0 Å². The molecule has 0 bridgehead atoms. The van der Waals surface area contributed by atoms with Crippen molar-refractivity contribution in [1.82, 2.24) is 5.32 Å². The number of aromatic hydroxyl groups is 1. The lowest BCUT2D eigenvalue weighted by molar-refractivity contribution is 0.149. The Morgan fingerprint density at radius 1 is 1.24 bits per heavy atom. The number of rotatable bonds is 6. The number of aliphatic hydroxyl groups is 1. The summed E-state index contributed by atoms with van der Waals surface area (Å²) in [5, 5.41) is 21.9. The van der Waals surface area contributed by atoms with Crippen LogP contribution in [0, 0.1) is 5.82 Å². The van der Waals surface area contributed by atoms with E-state index in [1.807, 2.05) is 13.8 Å². The van der Waals surface area contributed by atoms with Crippen molar-refractivity contribution < 1.29 is 14.6 Å². The summed E-state index contributed by atoms with van der Waals surface area (Å²) >= 11 is 0. The van der Waals surface area contributed by atoms with Crippen LogP contribution in [-0.4, -0.2) is 22.4 Å². The van der Waals surface area contributed by atoms with Gasteiger partial charge in [-0.2, -0.15) is 0 Å². The summed E-state index contributed by atoms with van der Waals surface area (Å²) in [6, 6.07) is 3.96. The first-order chi connectivity index (χ1) is 8.05. The summed E-state index contributed by atoms with van der Waals surface area (Å²) in [5.41, 5.74) is 0.337. The first-order valence-electron chi connectivity index (χ1n) is 5.89. The summed E-state index contributed by atoms with van der Waals surface area (Å²) in [6.45, 7) is 4.46. The summed E-state index contributed by atoms with van der Waals surface area (Å²) in [7, 11) is 0. The van der Waals surface area contributed by atoms with E-state index in [0.717, 1.165) is 18.9 Å². The molecule has 0 radical (unpaired) electrons. The molecule has 17 heavy (non-hydrogen) atoms. The topological polar surface area (TPSA) is 52.5 Å². The third-order valence-electron chi connectivity index (χ3n) is 3.27. The largest absolute Gasteiger partial charge is 0.508 e. The van der Waals surface area contributed by atoms with Crippen molar-refractivity contribution in [3.05, 3.63) is 29.6 Å². The fraction of sp³-hybridized carbons (Fsp3) is 0.538. The van der Waals surface area contributed by atoms with E-state index in [2.05, 4.69) is 5.32 Å². The highest BCUT2D eigenvalue weighted by Crippen LogP contribution is 2.18. The molecule has 1 aromatic carbocycles. The molecule has 4 heteroatoms. The molecule has 1 aromatic rings. The van der Waals surface area contributed by atoms with Gasteiger partial charge in [-0.3, -0.25) is 0 Å². The van der Waals surface area contributed by atoms with E-state index in [1.165, 1.54) is 12.1 Å². The lowest BCUT2D eigenvalue weighted by Gasteiger charge is -2.31. The quantitative estimate of drug-likeness (QED) is 0.715. The maximum absolute atomic E-state index is 13.1. The molecule has 0 amide bonds. The van der Waals surface area contributed by atoms with Crippen LogP contribution < -0.4 is 5.32 Å². The molecule has 3 N–H and O–H groups in total. The lowest BCUT2D eigenvalue weighted by atomic mass is 9.93. The highest BCUT2D eigenvalue weighted by molar-refractivity contribution is 5.28. The molecule has 0 saturated heterocycles. The molecule has 1 rings (SSSR count). The number of nitrogens with one attached hydrogen (secondary N) is 1. The Morgan fingerprint density at radius 2 is 1.88 bits per heavy atom. The minimum absolute atomic E-state index is 0.0430. The van der Waals surface area contributed by atoms with Crippen molar-refractivity contribution in [3.8, 4) is 5.75 Å². The molecule has 0 atom stereocenters. The zero-order valence-corrected chi connectivity index (χ0v) is 10.3. The molecule has 0 aromatic heterocycles. The zero-order chi connectivity index (χ0) is 12.9. The maximum atomic E-state index is 13.1. The number of hydrogen-bond acceptors (Lipinski definition) is 3. The van der Waals surface area contributed by atoms with E-state index in [9.17, 15) is 14.6 Å². The van der Waals surface area contributed by atoms with E-state index in [1.54, 1.807) is 0 Å². The van der Waals surface area contributed by atoms with E-state index in [4.69, 9.17) is 0 Å².